The molecule has 1 aromatic rings. The Balaban J connectivity index is 2.10. The Labute approximate surface area is 89.2 Å². The molecule has 0 bridgehead atoms. The number of hydrogen-bond donors (Lipinski definition) is 1. The van der Waals surface area contributed by atoms with E-state index in [-0.39, 0.29) is 11.9 Å². The molecule has 0 saturated carbocycles. The summed E-state index contributed by atoms with van der Waals surface area (Å²) in [5, 5.41) is 0. The van der Waals surface area contributed by atoms with Gasteiger partial charge in [0, 0.05) is 5.69 Å². The van der Waals surface area contributed by atoms with Crippen LogP contribution in [0.1, 0.15) is 17.5 Å². The lowest BCUT2D eigenvalue weighted by Gasteiger charge is -2.07. The molecule has 1 aliphatic heterocycles. The predicted molar refractivity (Wildman–Crippen MR) is 58.4 cm³/mol. The van der Waals surface area contributed by atoms with E-state index in [1.54, 1.807) is 0 Å². The number of carbonyl (C=O) groups is 1. The van der Waals surface area contributed by atoms with E-state index >= 15 is 0 Å². The summed E-state index contributed by atoms with van der Waals surface area (Å²) >= 11 is 0. The van der Waals surface area contributed by atoms with E-state index in [0.29, 0.717) is 6.61 Å². The Bertz CT molecular complexity index is 387. The summed E-state index contributed by atoms with van der Waals surface area (Å²) in [6, 6.07) is 5.92. The van der Waals surface area contributed by atoms with Gasteiger partial charge in [0.05, 0.1) is 12.5 Å². The van der Waals surface area contributed by atoms with Gasteiger partial charge in [-0.2, -0.15) is 0 Å². The van der Waals surface area contributed by atoms with Crippen LogP contribution < -0.4 is 5.73 Å². The van der Waals surface area contributed by atoms with Gasteiger partial charge in [0.15, 0.2) is 0 Å². The van der Waals surface area contributed by atoms with Crippen LogP contribution in [0.5, 0.6) is 0 Å². The lowest BCUT2D eigenvalue weighted by Crippen LogP contribution is -2.10. The maximum absolute atomic E-state index is 11.3. The van der Waals surface area contributed by atoms with Crippen molar-refractivity contribution in [1.82, 2.24) is 0 Å². The Morgan fingerprint density at radius 1 is 1.53 bits per heavy atom. The number of hydrogen-bond acceptors (Lipinski definition) is 3. The Morgan fingerprint density at radius 2 is 2.33 bits per heavy atom. The number of aryl methyl sites for hydroxylation is 1. The van der Waals surface area contributed by atoms with Crippen LogP contribution in [0.2, 0.25) is 0 Å². The van der Waals surface area contributed by atoms with Crippen molar-refractivity contribution in [3.63, 3.8) is 0 Å². The fourth-order valence-corrected chi connectivity index (χ4v) is 1.87. The van der Waals surface area contributed by atoms with Crippen molar-refractivity contribution in [2.24, 2.45) is 5.92 Å². The molecule has 1 saturated heterocycles. The summed E-state index contributed by atoms with van der Waals surface area (Å²) in [5.74, 6) is -0.0301. The quantitative estimate of drug-likeness (QED) is 0.590. The van der Waals surface area contributed by atoms with Crippen molar-refractivity contribution in [3.05, 3.63) is 29.3 Å². The Hall–Kier alpha value is -1.51. The highest BCUT2D eigenvalue weighted by Crippen LogP contribution is 2.21. The van der Waals surface area contributed by atoms with Gasteiger partial charge >= 0.3 is 5.97 Å². The zero-order chi connectivity index (χ0) is 10.8. The zero-order valence-corrected chi connectivity index (χ0v) is 8.82. The van der Waals surface area contributed by atoms with Crippen LogP contribution in [-0.4, -0.2) is 12.6 Å². The van der Waals surface area contributed by atoms with Gasteiger partial charge in [0.2, 0.25) is 0 Å². The molecule has 1 heterocycles. The predicted octanol–water partition coefficient (Wildman–Crippen LogP) is 1.68. The normalized spacial score (nSPS) is 20.3. The van der Waals surface area contributed by atoms with Crippen molar-refractivity contribution in [2.75, 3.05) is 12.3 Å². The molecular formula is C12H15NO2. The van der Waals surface area contributed by atoms with Gasteiger partial charge in [0.25, 0.3) is 0 Å². The minimum Gasteiger partial charge on any atom is -0.465 e. The van der Waals surface area contributed by atoms with E-state index in [1.807, 2.05) is 25.1 Å². The molecule has 3 nitrogen and oxygen atoms in total. The molecule has 1 aromatic carbocycles. The number of rotatable bonds is 2. The molecule has 0 aromatic heterocycles. The van der Waals surface area contributed by atoms with Gasteiger partial charge in [-0.05, 0) is 37.0 Å². The highest BCUT2D eigenvalue weighted by Gasteiger charge is 2.26. The molecule has 1 atom stereocenters. The first-order valence-corrected chi connectivity index (χ1v) is 5.18. The highest BCUT2D eigenvalue weighted by atomic mass is 16.5. The number of esters is 1. The fraction of sp³-hybridized carbons (Fsp3) is 0.417. The first-order valence-electron chi connectivity index (χ1n) is 5.18. The van der Waals surface area contributed by atoms with E-state index in [2.05, 4.69) is 0 Å². The molecule has 0 amide bonds. The summed E-state index contributed by atoms with van der Waals surface area (Å²) in [7, 11) is 0. The molecule has 0 spiro atoms. The Kier molecular flexibility index (Phi) is 2.62. The molecule has 1 unspecified atom stereocenters. The van der Waals surface area contributed by atoms with Crippen LogP contribution in [0, 0.1) is 12.8 Å². The van der Waals surface area contributed by atoms with Crippen LogP contribution >= 0.6 is 0 Å². The van der Waals surface area contributed by atoms with Crippen molar-refractivity contribution >= 4 is 11.7 Å². The summed E-state index contributed by atoms with van der Waals surface area (Å²) < 4.78 is 4.93. The monoisotopic (exact) mass is 205 g/mol. The number of nitrogen functional groups attached to an aromatic ring is 1. The maximum Gasteiger partial charge on any atom is 0.309 e. The van der Waals surface area contributed by atoms with Crippen molar-refractivity contribution in [3.8, 4) is 0 Å². The lowest BCUT2D eigenvalue weighted by molar-refractivity contribution is -0.141. The average Bonchev–Trinajstić information content (AvgIpc) is 2.59. The second kappa shape index (κ2) is 3.93. The van der Waals surface area contributed by atoms with E-state index in [9.17, 15) is 4.79 Å². The Morgan fingerprint density at radius 3 is 2.93 bits per heavy atom. The third kappa shape index (κ3) is 2.12. The molecular weight excluding hydrogens is 190 g/mol. The summed E-state index contributed by atoms with van der Waals surface area (Å²) in [4.78, 5) is 11.3. The van der Waals surface area contributed by atoms with Crippen LogP contribution in [0.15, 0.2) is 18.2 Å². The standard InChI is InChI=1S/C12H15NO2/c1-8-6-9(2-3-11(8)13)7-10-4-5-15-12(10)14/h2-3,6,10H,4-5,7,13H2,1H3. The van der Waals surface area contributed by atoms with Crippen molar-refractivity contribution in [1.29, 1.82) is 0 Å². The van der Waals surface area contributed by atoms with Gasteiger partial charge < -0.3 is 10.5 Å². The molecule has 3 heteroatoms. The number of benzene rings is 1. The zero-order valence-electron chi connectivity index (χ0n) is 8.82. The second-order valence-electron chi connectivity index (χ2n) is 4.05. The fourth-order valence-electron chi connectivity index (χ4n) is 1.87. The largest absolute Gasteiger partial charge is 0.465 e. The minimum absolute atomic E-state index is 0.0352. The van der Waals surface area contributed by atoms with E-state index in [0.717, 1.165) is 29.7 Å². The molecule has 1 aliphatic rings. The SMILES string of the molecule is Cc1cc(CC2CCOC2=O)ccc1N. The molecule has 15 heavy (non-hydrogen) atoms. The van der Waals surface area contributed by atoms with Gasteiger partial charge in [0.1, 0.15) is 0 Å². The van der Waals surface area contributed by atoms with Crippen LogP contribution in [0.4, 0.5) is 5.69 Å². The smallest absolute Gasteiger partial charge is 0.309 e. The number of ether oxygens (including phenoxy) is 1. The first-order chi connectivity index (χ1) is 7.16. The number of cyclic esters (lactones) is 1. The van der Waals surface area contributed by atoms with Gasteiger partial charge in [-0.1, -0.05) is 12.1 Å². The van der Waals surface area contributed by atoms with Gasteiger partial charge in [-0.3, -0.25) is 4.79 Å². The minimum atomic E-state index is -0.0653. The second-order valence-corrected chi connectivity index (χ2v) is 4.05. The van der Waals surface area contributed by atoms with Crippen LogP contribution in [0.25, 0.3) is 0 Å². The maximum atomic E-state index is 11.3. The molecule has 0 radical (unpaired) electrons. The summed E-state index contributed by atoms with van der Waals surface area (Å²) in [5.41, 5.74) is 8.76. The van der Waals surface area contributed by atoms with E-state index in [4.69, 9.17) is 10.5 Å². The molecule has 2 N–H and O–H groups in total. The number of nitrogens with two attached hydrogens (primary N) is 1. The number of carbonyl (C=O) groups excluding carboxylic acids is 1. The van der Waals surface area contributed by atoms with Crippen LogP contribution in [-0.2, 0) is 16.0 Å². The van der Waals surface area contributed by atoms with Gasteiger partial charge in [-0.15, -0.1) is 0 Å². The third-order valence-electron chi connectivity index (χ3n) is 2.86. The average molecular weight is 205 g/mol. The third-order valence-corrected chi connectivity index (χ3v) is 2.86. The highest BCUT2D eigenvalue weighted by molar-refractivity contribution is 5.74. The first kappa shape index (κ1) is 10.0. The molecule has 0 aliphatic carbocycles. The van der Waals surface area contributed by atoms with Crippen molar-refractivity contribution in [2.45, 2.75) is 19.8 Å². The topological polar surface area (TPSA) is 52.3 Å². The summed E-state index contributed by atoms with van der Waals surface area (Å²) in [6.45, 7) is 2.54. The van der Waals surface area contributed by atoms with Crippen LogP contribution in [0.3, 0.4) is 0 Å². The number of anilines is 1. The van der Waals surface area contributed by atoms with E-state index < -0.39 is 0 Å². The van der Waals surface area contributed by atoms with E-state index in [1.165, 1.54) is 0 Å². The van der Waals surface area contributed by atoms with Crippen molar-refractivity contribution < 1.29 is 9.53 Å². The molecule has 2 rings (SSSR count). The van der Waals surface area contributed by atoms with Gasteiger partial charge in [-0.25, -0.2) is 0 Å². The lowest BCUT2D eigenvalue weighted by atomic mass is 9.97. The molecule has 1 fully saturated rings. The molecule has 80 valence electrons. The summed E-state index contributed by atoms with van der Waals surface area (Å²) in [6.07, 6.45) is 1.60.